The maximum absolute atomic E-state index is 12.7. The molecule has 1 aliphatic rings. The molecule has 0 unspecified atom stereocenters. The molecule has 1 aliphatic heterocycles. The summed E-state index contributed by atoms with van der Waals surface area (Å²) in [4.78, 5) is 26.8. The zero-order chi connectivity index (χ0) is 22.3. The van der Waals surface area contributed by atoms with Crippen molar-refractivity contribution in [3.05, 3.63) is 65.2 Å². The summed E-state index contributed by atoms with van der Waals surface area (Å²) in [6.07, 6.45) is 0.178. The summed E-state index contributed by atoms with van der Waals surface area (Å²) in [5, 5.41) is 12.4. The van der Waals surface area contributed by atoms with Gasteiger partial charge in [0, 0.05) is 30.2 Å². The zero-order valence-electron chi connectivity index (χ0n) is 17.7. The number of benzene rings is 2. The first-order chi connectivity index (χ1) is 15.6. The number of carbonyl (C=O) groups excluding carboxylic acids is 2. The van der Waals surface area contributed by atoms with Crippen LogP contribution in [0.5, 0.6) is 5.75 Å². The van der Waals surface area contributed by atoms with Crippen molar-refractivity contribution in [2.75, 3.05) is 23.4 Å². The molecule has 1 saturated heterocycles. The average Bonchev–Trinajstić information content (AvgIpc) is 3.42. The second-order valence-corrected chi connectivity index (χ2v) is 9.35. The first-order valence-corrected chi connectivity index (χ1v) is 12.4. The largest absolute Gasteiger partial charge is 0.494 e. The van der Waals surface area contributed by atoms with E-state index in [9.17, 15) is 9.59 Å². The summed E-state index contributed by atoms with van der Waals surface area (Å²) >= 11 is 3.13. The Bertz CT molecular complexity index is 1060. The highest BCUT2D eigenvalue weighted by Gasteiger charge is 2.35. The van der Waals surface area contributed by atoms with Crippen molar-refractivity contribution >= 4 is 45.7 Å². The molecule has 1 aromatic heterocycles. The number of hydrogen-bond donors (Lipinski definition) is 1. The van der Waals surface area contributed by atoms with Gasteiger partial charge in [0.2, 0.25) is 16.9 Å². The van der Waals surface area contributed by atoms with Crippen molar-refractivity contribution in [1.82, 2.24) is 10.2 Å². The summed E-state index contributed by atoms with van der Waals surface area (Å²) in [5.74, 6) is 1.69. The van der Waals surface area contributed by atoms with E-state index in [-0.39, 0.29) is 18.2 Å². The van der Waals surface area contributed by atoms with Crippen LogP contribution < -0.4 is 15.0 Å². The summed E-state index contributed by atoms with van der Waals surface area (Å²) < 4.78 is 5.44. The highest BCUT2D eigenvalue weighted by atomic mass is 32.2. The highest BCUT2D eigenvalue weighted by molar-refractivity contribution is 7.97. The summed E-state index contributed by atoms with van der Waals surface area (Å²) in [7, 11) is 0. The predicted molar refractivity (Wildman–Crippen MR) is 128 cm³/mol. The summed E-state index contributed by atoms with van der Waals surface area (Å²) in [5.41, 5.74) is 2.03. The third-order valence-corrected chi connectivity index (χ3v) is 7.03. The van der Waals surface area contributed by atoms with Crippen LogP contribution in [0, 0.1) is 5.92 Å². The van der Waals surface area contributed by atoms with Gasteiger partial charge in [-0.1, -0.05) is 41.7 Å². The van der Waals surface area contributed by atoms with Crippen LogP contribution in [0.3, 0.4) is 0 Å². The third-order valence-electron chi connectivity index (χ3n) is 4.99. The number of anilines is 2. The molecule has 2 amide bonds. The lowest BCUT2D eigenvalue weighted by atomic mass is 10.1. The van der Waals surface area contributed by atoms with Crippen LogP contribution in [0.1, 0.15) is 23.9 Å². The number of aromatic nitrogens is 2. The van der Waals surface area contributed by atoms with Crippen molar-refractivity contribution < 1.29 is 14.3 Å². The van der Waals surface area contributed by atoms with Gasteiger partial charge in [0.15, 0.2) is 0 Å². The lowest BCUT2D eigenvalue weighted by molar-refractivity contribution is -0.122. The normalized spacial score (nSPS) is 15.7. The molecule has 0 saturated carbocycles. The van der Waals surface area contributed by atoms with Crippen LogP contribution in [-0.4, -0.2) is 35.2 Å². The predicted octanol–water partition coefficient (Wildman–Crippen LogP) is 4.36. The molecule has 0 radical (unpaired) electrons. The van der Waals surface area contributed by atoms with Gasteiger partial charge in [0.05, 0.1) is 12.5 Å². The van der Waals surface area contributed by atoms with Gasteiger partial charge in [0.25, 0.3) is 0 Å². The Hall–Kier alpha value is -2.91. The lowest BCUT2D eigenvalue weighted by Gasteiger charge is -2.17. The van der Waals surface area contributed by atoms with E-state index in [1.807, 2.05) is 49.4 Å². The molecular weight excluding hydrogens is 444 g/mol. The van der Waals surface area contributed by atoms with Crippen molar-refractivity contribution in [1.29, 1.82) is 0 Å². The minimum atomic E-state index is -0.422. The molecular formula is C23H24N4O3S2. The van der Waals surface area contributed by atoms with E-state index >= 15 is 0 Å². The number of ether oxygens (including phenoxy) is 1. The second-order valence-electron chi connectivity index (χ2n) is 7.30. The van der Waals surface area contributed by atoms with E-state index in [0.717, 1.165) is 28.0 Å². The number of rotatable bonds is 9. The van der Waals surface area contributed by atoms with E-state index in [1.165, 1.54) is 16.9 Å². The topological polar surface area (TPSA) is 84.4 Å². The summed E-state index contributed by atoms with van der Waals surface area (Å²) in [6.45, 7) is 2.85. The first kappa shape index (κ1) is 22.3. The molecule has 4 rings (SSSR count). The van der Waals surface area contributed by atoms with Gasteiger partial charge >= 0.3 is 0 Å². The lowest BCUT2D eigenvalue weighted by Crippen LogP contribution is -2.28. The Kier molecular flexibility index (Phi) is 7.39. The van der Waals surface area contributed by atoms with E-state index in [2.05, 4.69) is 27.6 Å². The monoisotopic (exact) mass is 468 g/mol. The molecule has 32 heavy (non-hydrogen) atoms. The highest BCUT2D eigenvalue weighted by Crippen LogP contribution is 2.28. The fraction of sp³-hybridized carbons (Fsp3) is 0.304. The van der Waals surface area contributed by atoms with Crippen molar-refractivity contribution in [3.8, 4) is 5.75 Å². The van der Waals surface area contributed by atoms with Crippen molar-refractivity contribution in [2.24, 2.45) is 5.92 Å². The van der Waals surface area contributed by atoms with E-state index < -0.39 is 5.92 Å². The van der Waals surface area contributed by atoms with Gasteiger partial charge < -0.3 is 15.0 Å². The maximum Gasteiger partial charge on any atom is 0.231 e. The number of nitrogens with one attached hydrogen (secondary N) is 1. The molecule has 1 N–H and O–H groups in total. The van der Waals surface area contributed by atoms with Crippen LogP contribution in [0.25, 0.3) is 0 Å². The van der Waals surface area contributed by atoms with Crippen LogP contribution in [0.4, 0.5) is 10.8 Å². The quantitative estimate of drug-likeness (QED) is 0.502. The molecule has 3 aromatic rings. The van der Waals surface area contributed by atoms with Crippen LogP contribution in [0.2, 0.25) is 0 Å². The SMILES string of the molecule is CCOc1ccc(N2C[C@H](C(=O)Nc3nnc(CSCc4ccccc4)s3)CC2=O)cc1. The molecule has 7 nitrogen and oxygen atoms in total. The fourth-order valence-electron chi connectivity index (χ4n) is 3.42. The minimum absolute atomic E-state index is 0.0652. The van der Waals surface area contributed by atoms with E-state index in [4.69, 9.17) is 4.74 Å². The molecule has 2 aromatic carbocycles. The molecule has 9 heteroatoms. The number of thioether (sulfide) groups is 1. The van der Waals surface area contributed by atoms with Crippen LogP contribution in [-0.2, 0) is 21.1 Å². The molecule has 0 spiro atoms. The first-order valence-electron chi connectivity index (χ1n) is 10.4. The molecule has 1 fully saturated rings. The number of nitrogens with zero attached hydrogens (tertiary/aromatic N) is 3. The molecule has 0 aliphatic carbocycles. The third kappa shape index (κ3) is 5.66. The van der Waals surface area contributed by atoms with Gasteiger partial charge in [-0.3, -0.25) is 9.59 Å². The molecule has 1 atom stereocenters. The van der Waals surface area contributed by atoms with E-state index in [0.29, 0.717) is 18.3 Å². The summed E-state index contributed by atoms with van der Waals surface area (Å²) in [6, 6.07) is 17.6. The van der Waals surface area contributed by atoms with Gasteiger partial charge in [-0.2, -0.15) is 0 Å². The standard InChI is InChI=1S/C23H24N4O3S2/c1-2-30-19-10-8-18(9-11-19)27-13-17(12-21(27)28)22(29)24-23-26-25-20(32-23)15-31-14-16-6-4-3-5-7-16/h3-11,17H,2,12-15H2,1H3,(H,24,26,29)/t17-/m1/s1. The Morgan fingerprint density at radius 2 is 1.94 bits per heavy atom. The van der Waals surface area contributed by atoms with Crippen LogP contribution >= 0.6 is 23.1 Å². The molecule has 166 valence electrons. The number of carbonyl (C=O) groups is 2. The van der Waals surface area contributed by atoms with Gasteiger partial charge in [0.1, 0.15) is 10.8 Å². The number of hydrogen-bond acceptors (Lipinski definition) is 7. The van der Waals surface area contributed by atoms with Gasteiger partial charge in [-0.25, -0.2) is 0 Å². The zero-order valence-corrected chi connectivity index (χ0v) is 19.3. The molecule has 2 heterocycles. The Labute approximate surface area is 195 Å². The average molecular weight is 469 g/mol. The van der Waals surface area contributed by atoms with Crippen molar-refractivity contribution in [3.63, 3.8) is 0 Å². The number of amides is 2. The van der Waals surface area contributed by atoms with E-state index in [1.54, 1.807) is 16.7 Å². The van der Waals surface area contributed by atoms with Crippen molar-refractivity contribution in [2.45, 2.75) is 24.9 Å². The fourth-order valence-corrected chi connectivity index (χ4v) is 5.21. The smallest absolute Gasteiger partial charge is 0.231 e. The van der Waals surface area contributed by atoms with Crippen LogP contribution in [0.15, 0.2) is 54.6 Å². The van der Waals surface area contributed by atoms with Gasteiger partial charge in [-0.05, 0) is 36.8 Å². The minimum Gasteiger partial charge on any atom is -0.494 e. The Balaban J connectivity index is 1.28. The molecule has 0 bridgehead atoms. The van der Waals surface area contributed by atoms with Gasteiger partial charge in [-0.15, -0.1) is 22.0 Å². The second kappa shape index (κ2) is 10.6. The maximum atomic E-state index is 12.7. The Morgan fingerprint density at radius 1 is 1.16 bits per heavy atom. The Morgan fingerprint density at radius 3 is 2.69 bits per heavy atom.